The fraction of sp³-hybridized carbons (Fsp3) is 0.692. The van der Waals surface area contributed by atoms with Gasteiger partial charge in [-0.3, -0.25) is 0 Å². The first kappa shape index (κ1) is 13.1. The summed E-state index contributed by atoms with van der Waals surface area (Å²) < 4.78 is 0. The van der Waals surface area contributed by atoms with E-state index in [1.54, 1.807) is 0 Å². The molecule has 0 spiro atoms. The molecule has 2 rings (SSSR count). The van der Waals surface area contributed by atoms with Gasteiger partial charge in [0.15, 0.2) is 0 Å². The van der Waals surface area contributed by atoms with Gasteiger partial charge in [-0.15, -0.1) is 0 Å². The molecule has 3 N–H and O–H groups in total. The van der Waals surface area contributed by atoms with Crippen molar-refractivity contribution in [3.05, 3.63) is 11.9 Å². The number of aromatic nitrogens is 2. The van der Waals surface area contributed by atoms with E-state index < -0.39 is 0 Å². The summed E-state index contributed by atoms with van der Waals surface area (Å²) in [7, 11) is 2.12. The van der Waals surface area contributed by atoms with E-state index in [4.69, 9.17) is 5.84 Å². The lowest BCUT2D eigenvalue weighted by Gasteiger charge is -2.35. The van der Waals surface area contributed by atoms with Crippen molar-refractivity contribution in [3.63, 3.8) is 0 Å². The highest BCUT2D eigenvalue weighted by Gasteiger charge is 2.23. The van der Waals surface area contributed by atoms with Crippen LogP contribution in [-0.4, -0.2) is 23.1 Å². The first-order chi connectivity index (χ1) is 8.60. The Hall–Kier alpha value is -1.36. The Morgan fingerprint density at radius 3 is 2.83 bits per heavy atom. The van der Waals surface area contributed by atoms with Gasteiger partial charge in [0.2, 0.25) is 0 Å². The number of hydrogen-bond donors (Lipinski definition) is 2. The van der Waals surface area contributed by atoms with Gasteiger partial charge >= 0.3 is 0 Å². The predicted molar refractivity (Wildman–Crippen MR) is 74.4 cm³/mol. The number of nitrogens with zero attached hydrogens (tertiary/aromatic N) is 3. The molecule has 1 saturated carbocycles. The summed E-state index contributed by atoms with van der Waals surface area (Å²) >= 11 is 0. The number of anilines is 2. The van der Waals surface area contributed by atoms with Gasteiger partial charge in [0.25, 0.3) is 0 Å². The van der Waals surface area contributed by atoms with Crippen LogP contribution >= 0.6 is 0 Å². The number of nitrogen functional groups attached to an aromatic ring is 1. The SMILES string of the molecule is Cc1nc(NN)cc(N(C)C2CCCC(C)C2)n1. The van der Waals surface area contributed by atoms with Crippen LogP contribution in [0.1, 0.15) is 38.4 Å². The minimum atomic E-state index is 0.577. The van der Waals surface area contributed by atoms with E-state index in [2.05, 4.69) is 34.3 Å². The zero-order valence-corrected chi connectivity index (χ0v) is 11.5. The number of rotatable bonds is 3. The highest BCUT2D eigenvalue weighted by molar-refractivity contribution is 5.49. The van der Waals surface area contributed by atoms with Gasteiger partial charge in [-0.05, 0) is 25.7 Å². The predicted octanol–water partition coefficient (Wildman–Crippen LogP) is 2.09. The fourth-order valence-electron chi connectivity index (χ4n) is 2.75. The zero-order chi connectivity index (χ0) is 13.1. The number of nitrogens with one attached hydrogen (secondary N) is 1. The van der Waals surface area contributed by atoms with Gasteiger partial charge in [-0.25, -0.2) is 15.8 Å². The minimum absolute atomic E-state index is 0.577. The van der Waals surface area contributed by atoms with Gasteiger partial charge < -0.3 is 10.3 Å². The molecule has 1 heterocycles. The van der Waals surface area contributed by atoms with E-state index in [0.29, 0.717) is 11.9 Å². The van der Waals surface area contributed by atoms with E-state index in [-0.39, 0.29) is 0 Å². The zero-order valence-electron chi connectivity index (χ0n) is 11.5. The van der Waals surface area contributed by atoms with Crippen molar-refractivity contribution in [3.8, 4) is 0 Å². The van der Waals surface area contributed by atoms with Crippen LogP contribution in [0.5, 0.6) is 0 Å². The fourth-order valence-corrected chi connectivity index (χ4v) is 2.75. The molecule has 0 saturated heterocycles. The monoisotopic (exact) mass is 249 g/mol. The summed E-state index contributed by atoms with van der Waals surface area (Å²) in [5.41, 5.74) is 2.60. The van der Waals surface area contributed by atoms with Crippen LogP contribution in [0, 0.1) is 12.8 Å². The first-order valence-corrected chi connectivity index (χ1v) is 6.65. The molecule has 5 heteroatoms. The quantitative estimate of drug-likeness (QED) is 0.634. The van der Waals surface area contributed by atoms with Crippen LogP contribution in [-0.2, 0) is 0 Å². The highest BCUT2D eigenvalue weighted by atomic mass is 15.3. The first-order valence-electron chi connectivity index (χ1n) is 6.65. The largest absolute Gasteiger partial charge is 0.357 e. The molecule has 2 atom stereocenters. The summed E-state index contributed by atoms with van der Waals surface area (Å²) in [6.45, 7) is 4.22. The molecular weight excluding hydrogens is 226 g/mol. The summed E-state index contributed by atoms with van der Waals surface area (Å²) in [5.74, 6) is 8.61. The lowest BCUT2D eigenvalue weighted by molar-refractivity contribution is 0.335. The van der Waals surface area contributed by atoms with E-state index in [9.17, 15) is 0 Å². The molecule has 0 bridgehead atoms. The third kappa shape index (κ3) is 2.90. The van der Waals surface area contributed by atoms with Gasteiger partial charge in [0, 0.05) is 19.2 Å². The summed E-state index contributed by atoms with van der Waals surface area (Å²) in [4.78, 5) is 11.0. The van der Waals surface area contributed by atoms with Crippen LogP contribution in [0.3, 0.4) is 0 Å². The van der Waals surface area contributed by atoms with Crippen molar-refractivity contribution in [1.29, 1.82) is 0 Å². The molecule has 18 heavy (non-hydrogen) atoms. The number of hydrazine groups is 1. The average Bonchev–Trinajstić information content (AvgIpc) is 2.37. The maximum absolute atomic E-state index is 5.43. The van der Waals surface area contributed by atoms with Crippen LogP contribution < -0.4 is 16.2 Å². The highest BCUT2D eigenvalue weighted by Crippen LogP contribution is 2.29. The molecular formula is C13H23N5. The van der Waals surface area contributed by atoms with E-state index in [1.807, 2.05) is 13.0 Å². The average molecular weight is 249 g/mol. The van der Waals surface area contributed by atoms with Gasteiger partial charge in [-0.2, -0.15) is 0 Å². The maximum atomic E-state index is 5.43. The summed E-state index contributed by atoms with van der Waals surface area (Å²) in [5, 5.41) is 0. The number of nitrogens with two attached hydrogens (primary N) is 1. The van der Waals surface area contributed by atoms with Crippen molar-refractivity contribution in [2.75, 3.05) is 17.4 Å². The van der Waals surface area contributed by atoms with E-state index >= 15 is 0 Å². The second kappa shape index (κ2) is 5.52. The molecule has 0 aromatic carbocycles. The molecule has 1 aromatic rings. The molecule has 2 unspecified atom stereocenters. The molecule has 5 nitrogen and oxygen atoms in total. The Morgan fingerprint density at radius 1 is 1.39 bits per heavy atom. The maximum Gasteiger partial charge on any atom is 0.145 e. The Bertz CT molecular complexity index is 406. The van der Waals surface area contributed by atoms with Crippen molar-refractivity contribution in [2.45, 2.75) is 45.6 Å². The van der Waals surface area contributed by atoms with E-state index in [1.165, 1.54) is 25.7 Å². The minimum Gasteiger partial charge on any atom is -0.357 e. The van der Waals surface area contributed by atoms with Crippen LogP contribution in [0.25, 0.3) is 0 Å². The topological polar surface area (TPSA) is 67.1 Å². The Labute approximate surface area is 109 Å². The van der Waals surface area contributed by atoms with Crippen molar-refractivity contribution < 1.29 is 0 Å². The second-order valence-electron chi connectivity index (χ2n) is 5.34. The van der Waals surface area contributed by atoms with Crippen molar-refractivity contribution >= 4 is 11.6 Å². The second-order valence-corrected chi connectivity index (χ2v) is 5.34. The van der Waals surface area contributed by atoms with Gasteiger partial charge in [0.1, 0.15) is 17.5 Å². The smallest absolute Gasteiger partial charge is 0.145 e. The molecule has 0 aliphatic heterocycles. The third-order valence-corrected chi connectivity index (χ3v) is 3.79. The molecule has 1 fully saturated rings. The van der Waals surface area contributed by atoms with Crippen LogP contribution in [0.15, 0.2) is 6.07 Å². The van der Waals surface area contributed by atoms with E-state index in [0.717, 1.165) is 17.6 Å². The molecule has 1 aromatic heterocycles. The summed E-state index contributed by atoms with van der Waals surface area (Å²) in [6.07, 6.45) is 5.14. The van der Waals surface area contributed by atoms with Crippen LogP contribution in [0.2, 0.25) is 0 Å². The van der Waals surface area contributed by atoms with Gasteiger partial charge in [-0.1, -0.05) is 19.8 Å². The molecule has 1 aliphatic carbocycles. The molecule has 100 valence electrons. The third-order valence-electron chi connectivity index (χ3n) is 3.79. The summed E-state index contributed by atoms with van der Waals surface area (Å²) in [6, 6.07) is 2.49. The van der Waals surface area contributed by atoms with Gasteiger partial charge in [0.05, 0.1) is 0 Å². The van der Waals surface area contributed by atoms with Crippen LogP contribution in [0.4, 0.5) is 11.6 Å². The lowest BCUT2D eigenvalue weighted by atomic mass is 9.86. The molecule has 1 aliphatic rings. The van der Waals surface area contributed by atoms with Crippen molar-refractivity contribution in [2.24, 2.45) is 11.8 Å². The standard InChI is InChI=1S/C13H23N5/c1-9-5-4-6-11(7-9)18(3)13-8-12(17-14)15-10(2)16-13/h8-9,11H,4-7,14H2,1-3H3,(H,15,16,17). The number of hydrogen-bond acceptors (Lipinski definition) is 5. The Morgan fingerprint density at radius 2 is 2.17 bits per heavy atom. The Balaban J connectivity index is 2.16. The van der Waals surface area contributed by atoms with Crippen molar-refractivity contribution in [1.82, 2.24) is 9.97 Å². The Kier molecular flexibility index (Phi) is 4.01. The molecule has 0 amide bonds. The normalized spacial score (nSPS) is 23.8. The lowest BCUT2D eigenvalue weighted by Crippen LogP contribution is -2.36. The number of aryl methyl sites for hydroxylation is 1. The molecule has 0 radical (unpaired) electrons.